The second-order valence-corrected chi connectivity index (χ2v) is 4.42. The van der Waals surface area contributed by atoms with E-state index in [1.165, 1.54) is 25.8 Å². The van der Waals surface area contributed by atoms with Crippen LogP contribution in [-0.4, -0.2) is 23.5 Å². The van der Waals surface area contributed by atoms with Gasteiger partial charge in [0.05, 0.1) is 6.07 Å². The maximum Gasteiger partial charge on any atom is 0.0657 e. The lowest BCUT2D eigenvalue weighted by Crippen LogP contribution is -2.42. The Kier molecular flexibility index (Phi) is 2.55. The highest BCUT2D eigenvalue weighted by molar-refractivity contribution is 5.00. The largest absolute Gasteiger partial charge is 0.297 e. The summed E-state index contributed by atoms with van der Waals surface area (Å²) in [5.41, 5.74) is 0. The first-order valence-electron chi connectivity index (χ1n) is 5.50. The number of nitrogens with zero attached hydrogens (tertiary/aromatic N) is 2. The molecule has 2 bridgehead atoms. The van der Waals surface area contributed by atoms with Gasteiger partial charge in [-0.2, -0.15) is 5.26 Å². The molecule has 13 heavy (non-hydrogen) atoms. The molecule has 0 N–H and O–H groups in total. The lowest BCUT2D eigenvalue weighted by molar-refractivity contribution is 0.121. The molecule has 0 aromatic rings. The van der Waals surface area contributed by atoms with Gasteiger partial charge in [0.15, 0.2) is 0 Å². The van der Waals surface area contributed by atoms with Crippen molar-refractivity contribution in [1.82, 2.24) is 4.90 Å². The zero-order chi connectivity index (χ0) is 9.26. The third kappa shape index (κ3) is 1.58. The molecule has 2 rings (SSSR count). The van der Waals surface area contributed by atoms with Crippen molar-refractivity contribution < 1.29 is 0 Å². The summed E-state index contributed by atoms with van der Waals surface area (Å²) in [5, 5.41) is 8.90. The van der Waals surface area contributed by atoms with E-state index >= 15 is 0 Å². The van der Waals surface area contributed by atoms with Crippen LogP contribution in [0.5, 0.6) is 0 Å². The molecule has 2 aliphatic rings. The zero-order valence-electron chi connectivity index (χ0n) is 8.37. The fourth-order valence-electron chi connectivity index (χ4n) is 3.00. The highest BCUT2D eigenvalue weighted by Crippen LogP contribution is 2.38. The Labute approximate surface area is 80.5 Å². The Bertz CT molecular complexity index is 205. The third-order valence-electron chi connectivity index (χ3n) is 3.55. The summed E-state index contributed by atoms with van der Waals surface area (Å²) in [4.78, 5) is 2.65. The molecule has 2 nitrogen and oxygen atoms in total. The van der Waals surface area contributed by atoms with Crippen LogP contribution in [0.15, 0.2) is 0 Å². The normalized spacial score (nSPS) is 38.9. The van der Waals surface area contributed by atoms with Gasteiger partial charge in [-0.05, 0) is 38.6 Å². The molecule has 2 saturated heterocycles. The van der Waals surface area contributed by atoms with Crippen molar-refractivity contribution in [3.05, 3.63) is 0 Å². The van der Waals surface area contributed by atoms with Gasteiger partial charge in [0.25, 0.3) is 0 Å². The van der Waals surface area contributed by atoms with Gasteiger partial charge < -0.3 is 0 Å². The molecule has 0 spiro atoms. The van der Waals surface area contributed by atoms with E-state index in [-0.39, 0.29) is 0 Å². The van der Waals surface area contributed by atoms with Crippen molar-refractivity contribution in [2.45, 2.75) is 51.1 Å². The van der Waals surface area contributed by atoms with Crippen LogP contribution < -0.4 is 0 Å². The van der Waals surface area contributed by atoms with Gasteiger partial charge in [-0.15, -0.1) is 0 Å². The van der Waals surface area contributed by atoms with E-state index in [1.54, 1.807) is 0 Å². The van der Waals surface area contributed by atoms with Gasteiger partial charge >= 0.3 is 0 Å². The van der Waals surface area contributed by atoms with Crippen LogP contribution in [0.4, 0.5) is 0 Å². The van der Waals surface area contributed by atoms with Crippen LogP contribution in [0.3, 0.4) is 0 Å². The molecule has 2 aliphatic heterocycles. The second-order valence-electron chi connectivity index (χ2n) is 4.42. The molecule has 0 unspecified atom stereocenters. The highest BCUT2D eigenvalue weighted by atomic mass is 15.2. The summed E-state index contributed by atoms with van der Waals surface area (Å²) < 4.78 is 0. The minimum absolute atomic E-state index is 0.352. The molecule has 2 fully saturated rings. The summed E-state index contributed by atoms with van der Waals surface area (Å²) >= 11 is 0. The van der Waals surface area contributed by atoms with Gasteiger partial charge in [0.2, 0.25) is 0 Å². The molecule has 0 saturated carbocycles. The summed E-state index contributed by atoms with van der Waals surface area (Å²) in [6, 6.07) is 3.92. The van der Waals surface area contributed by atoms with Crippen LogP contribution in [0, 0.1) is 17.2 Å². The summed E-state index contributed by atoms with van der Waals surface area (Å²) in [7, 11) is 0. The first kappa shape index (κ1) is 9.02. The molecule has 0 radical (unpaired) electrons. The summed E-state index contributed by atoms with van der Waals surface area (Å²) in [5.74, 6) is 0.352. The number of fused-ring (bicyclic) bond motifs is 2. The van der Waals surface area contributed by atoms with Crippen LogP contribution in [0.1, 0.15) is 39.0 Å². The van der Waals surface area contributed by atoms with Crippen LogP contribution in [0.25, 0.3) is 0 Å². The van der Waals surface area contributed by atoms with Crippen molar-refractivity contribution in [3.8, 4) is 6.07 Å². The van der Waals surface area contributed by atoms with Crippen molar-refractivity contribution in [2.75, 3.05) is 6.54 Å². The van der Waals surface area contributed by atoms with E-state index in [1.807, 2.05) is 0 Å². The van der Waals surface area contributed by atoms with Gasteiger partial charge in [-0.1, -0.05) is 6.92 Å². The number of hydrogen-bond acceptors (Lipinski definition) is 2. The van der Waals surface area contributed by atoms with E-state index in [4.69, 9.17) is 5.26 Å². The molecule has 2 heteroatoms. The topological polar surface area (TPSA) is 27.0 Å². The Morgan fingerprint density at radius 2 is 1.92 bits per heavy atom. The van der Waals surface area contributed by atoms with Crippen LogP contribution >= 0.6 is 0 Å². The maximum absolute atomic E-state index is 8.90. The molecule has 0 aliphatic carbocycles. The fraction of sp³-hybridized carbons (Fsp3) is 0.909. The average Bonchev–Trinajstić information content (AvgIpc) is 2.39. The van der Waals surface area contributed by atoms with Gasteiger partial charge in [-0.25, -0.2) is 0 Å². The molecule has 0 aromatic heterocycles. The number of nitriles is 1. The zero-order valence-corrected chi connectivity index (χ0v) is 8.37. The molecule has 2 heterocycles. The first-order valence-corrected chi connectivity index (χ1v) is 5.50. The monoisotopic (exact) mass is 178 g/mol. The highest BCUT2D eigenvalue weighted by Gasteiger charge is 2.39. The van der Waals surface area contributed by atoms with Crippen molar-refractivity contribution >= 4 is 0 Å². The molecular formula is C11H18N2. The second kappa shape index (κ2) is 3.67. The Morgan fingerprint density at radius 3 is 2.38 bits per heavy atom. The minimum Gasteiger partial charge on any atom is -0.297 e. The lowest BCUT2D eigenvalue weighted by atomic mass is 9.92. The van der Waals surface area contributed by atoms with Gasteiger partial charge in [0, 0.05) is 18.0 Å². The molecule has 72 valence electrons. The van der Waals surface area contributed by atoms with Gasteiger partial charge in [-0.3, -0.25) is 4.90 Å². The number of hydrogen-bond donors (Lipinski definition) is 0. The number of piperidine rings is 1. The van der Waals surface area contributed by atoms with Crippen LogP contribution in [0.2, 0.25) is 0 Å². The van der Waals surface area contributed by atoms with Crippen molar-refractivity contribution in [1.29, 1.82) is 5.26 Å². The molecular weight excluding hydrogens is 160 g/mol. The smallest absolute Gasteiger partial charge is 0.0657 e. The quantitative estimate of drug-likeness (QED) is 0.648. The maximum atomic E-state index is 8.90. The minimum atomic E-state index is 0.352. The third-order valence-corrected chi connectivity index (χ3v) is 3.55. The predicted molar refractivity (Wildman–Crippen MR) is 52.1 cm³/mol. The standard InChI is InChI=1S/C11H18N2/c1-2-5-13-10-3-4-11(13)7-9(6-10)8-12/h9-11H,2-7H2,1H3/t9-,10-,11+. The van der Waals surface area contributed by atoms with E-state index in [2.05, 4.69) is 17.9 Å². The Balaban J connectivity index is 2.01. The SMILES string of the molecule is CCCN1[C@@H]2CC[C@H]1C[C@H](C#N)C2. The fourth-order valence-corrected chi connectivity index (χ4v) is 3.00. The van der Waals surface area contributed by atoms with Crippen LogP contribution in [-0.2, 0) is 0 Å². The predicted octanol–water partition coefficient (Wildman–Crippen LogP) is 2.16. The first-order chi connectivity index (χ1) is 6.35. The Hall–Kier alpha value is -0.550. The molecule has 0 aromatic carbocycles. The van der Waals surface area contributed by atoms with E-state index in [0.29, 0.717) is 5.92 Å². The Morgan fingerprint density at radius 1 is 1.31 bits per heavy atom. The van der Waals surface area contributed by atoms with Crippen molar-refractivity contribution in [2.24, 2.45) is 5.92 Å². The van der Waals surface area contributed by atoms with E-state index in [0.717, 1.165) is 24.9 Å². The van der Waals surface area contributed by atoms with E-state index < -0.39 is 0 Å². The lowest BCUT2D eigenvalue weighted by Gasteiger charge is -2.36. The average molecular weight is 178 g/mol. The van der Waals surface area contributed by atoms with Gasteiger partial charge in [0.1, 0.15) is 0 Å². The summed E-state index contributed by atoms with van der Waals surface area (Å²) in [6.45, 7) is 3.49. The van der Waals surface area contributed by atoms with E-state index in [9.17, 15) is 0 Å². The molecule has 0 amide bonds. The number of rotatable bonds is 2. The van der Waals surface area contributed by atoms with Crippen molar-refractivity contribution in [3.63, 3.8) is 0 Å². The summed E-state index contributed by atoms with van der Waals surface area (Å²) in [6.07, 6.45) is 6.19. The molecule has 3 atom stereocenters.